The molecule has 8 nitrogen and oxygen atoms in total. The van der Waals surface area contributed by atoms with Gasteiger partial charge in [-0.15, -0.1) is 0 Å². The van der Waals surface area contributed by atoms with Gasteiger partial charge in [0.15, 0.2) is 0 Å². The van der Waals surface area contributed by atoms with Crippen LogP contribution in [0.5, 0.6) is 6.01 Å². The van der Waals surface area contributed by atoms with Gasteiger partial charge in [-0.2, -0.15) is 15.0 Å². The third-order valence-corrected chi connectivity index (χ3v) is 2.59. The number of aryl methyl sites for hydroxylation is 1. The van der Waals surface area contributed by atoms with Gasteiger partial charge >= 0.3 is 6.01 Å². The van der Waals surface area contributed by atoms with E-state index < -0.39 is 0 Å². The van der Waals surface area contributed by atoms with Crippen LogP contribution in [0.1, 0.15) is 24.9 Å². The zero-order valence-electron chi connectivity index (χ0n) is 12.4. The Bertz CT molecular complexity index is 590. The molecule has 21 heavy (non-hydrogen) atoms. The van der Waals surface area contributed by atoms with E-state index in [1.807, 2.05) is 13.0 Å². The molecule has 0 radical (unpaired) electrons. The van der Waals surface area contributed by atoms with E-state index in [0.717, 1.165) is 24.5 Å². The van der Waals surface area contributed by atoms with E-state index in [0.29, 0.717) is 18.4 Å². The molecule has 0 saturated carbocycles. The lowest BCUT2D eigenvalue weighted by molar-refractivity contribution is 0.379. The summed E-state index contributed by atoms with van der Waals surface area (Å²) in [6, 6.07) is 2.11. The van der Waals surface area contributed by atoms with Crippen molar-refractivity contribution in [3.05, 3.63) is 23.8 Å². The molecule has 0 spiro atoms. The van der Waals surface area contributed by atoms with Crippen LogP contribution in [0.2, 0.25) is 0 Å². The minimum Gasteiger partial charge on any atom is -0.467 e. The predicted molar refractivity (Wildman–Crippen MR) is 79.3 cm³/mol. The number of methoxy groups -OCH3 is 1. The molecule has 2 aromatic rings. The molecule has 2 rings (SSSR count). The Kier molecular flexibility index (Phi) is 5.19. The third kappa shape index (κ3) is 4.51. The smallest absolute Gasteiger partial charge is 0.322 e. The zero-order chi connectivity index (χ0) is 15.1. The standard InChI is InChI=1S/C13H19N7O/c1-4-6-15-11-18-12(20-13(19-11)21-3)16-8-10-5-7-14-9(2)17-10/h5,7H,4,6,8H2,1-3H3,(H2,15,16,18,19,20). The molecule has 112 valence electrons. The molecule has 0 aliphatic heterocycles. The summed E-state index contributed by atoms with van der Waals surface area (Å²) in [5.74, 6) is 1.66. The van der Waals surface area contributed by atoms with Crippen LogP contribution >= 0.6 is 0 Å². The van der Waals surface area contributed by atoms with Gasteiger partial charge in [0, 0.05) is 12.7 Å². The minimum atomic E-state index is 0.268. The first kappa shape index (κ1) is 14.9. The van der Waals surface area contributed by atoms with Gasteiger partial charge < -0.3 is 15.4 Å². The fourth-order valence-electron chi connectivity index (χ4n) is 1.62. The topological polar surface area (TPSA) is 97.7 Å². The van der Waals surface area contributed by atoms with Gasteiger partial charge in [-0.1, -0.05) is 6.92 Å². The molecule has 0 fully saturated rings. The van der Waals surface area contributed by atoms with E-state index in [4.69, 9.17) is 4.74 Å². The summed E-state index contributed by atoms with van der Waals surface area (Å²) in [6.45, 7) is 5.21. The Morgan fingerprint density at radius 2 is 1.86 bits per heavy atom. The number of hydrogen-bond acceptors (Lipinski definition) is 8. The highest BCUT2D eigenvalue weighted by Crippen LogP contribution is 2.11. The zero-order valence-corrected chi connectivity index (χ0v) is 12.4. The SMILES string of the molecule is CCCNc1nc(NCc2ccnc(C)n2)nc(OC)n1. The van der Waals surface area contributed by atoms with Crippen LogP contribution in [0.15, 0.2) is 12.3 Å². The Morgan fingerprint density at radius 1 is 1.10 bits per heavy atom. The van der Waals surface area contributed by atoms with Crippen LogP contribution in [0.3, 0.4) is 0 Å². The van der Waals surface area contributed by atoms with Crippen molar-refractivity contribution in [1.82, 2.24) is 24.9 Å². The highest BCUT2D eigenvalue weighted by atomic mass is 16.5. The second-order valence-electron chi connectivity index (χ2n) is 4.34. The molecule has 0 aromatic carbocycles. The van der Waals surface area contributed by atoms with Crippen molar-refractivity contribution < 1.29 is 4.74 Å². The van der Waals surface area contributed by atoms with E-state index >= 15 is 0 Å². The van der Waals surface area contributed by atoms with Gasteiger partial charge in [0.25, 0.3) is 0 Å². The molecular weight excluding hydrogens is 270 g/mol. The number of ether oxygens (including phenoxy) is 1. The monoisotopic (exact) mass is 289 g/mol. The molecule has 2 heterocycles. The van der Waals surface area contributed by atoms with Crippen molar-refractivity contribution in [2.24, 2.45) is 0 Å². The lowest BCUT2D eigenvalue weighted by Gasteiger charge is -2.09. The number of anilines is 2. The van der Waals surface area contributed by atoms with Crippen LogP contribution in [0.25, 0.3) is 0 Å². The van der Waals surface area contributed by atoms with Crippen molar-refractivity contribution >= 4 is 11.9 Å². The molecule has 0 bridgehead atoms. The highest BCUT2D eigenvalue weighted by Gasteiger charge is 2.06. The quantitative estimate of drug-likeness (QED) is 0.789. The van der Waals surface area contributed by atoms with Gasteiger partial charge in [-0.3, -0.25) is 0 Å². The maximum Gasteiger partial charge on any atom is 0.322 e. The molecule has 0 aliphatic carbocycles. The van der Waals surface area contributed by atoms with Gasteiger partial charge in [-0.05, 0) is 19.4 Å². The maximum atomic E-state index is 5.08. The summed E-state index contributed by atoms with van der Waals surface area (Å²) in [4.78, 5) is 21.0. The van der Waals surface area contributed by atoms with Gasteiger partial charge in [-0.25, -0.2) is 9.97 Å². The van der Waals surface area contributed by atoms with Crippen molar-refractivity contribution in [3.8, 4) is 6.01 Å². The van der Waals surface area contributed by atoms with Crippen molar-refractivity contribution in [2.75, 3.05) is 24.3 Å². The Balaban J connectivity index is 2.07. The van der Waals surface area contributed by atoms with Crippen LogP contribution in [0.4, 0.5) is 11.9 Å². The summed E-state index contributed by atoms with van der Waals surface area (Å²) < 4.78 is 5.08. The molecule has 2 N–H and O–H groups in total. The first-order valence-corrected chi connectivity index (χ1v) is 6.77. The van der Waals surface area contributed by atoms with E-state index in [9.17, 15) is 0 Å². The molecule has 8 heteroatoms. The first-order valence-electron chi connectivity index (χ1n) is 6.77. The largest absolute Gasteiger partial charge is 0.467 e. The van der Waals surface area contributed by atoms with Crippen LogP contribution in [-0.2, 0) is 6.54 Å². The normalized spacial score (nSPS) is 10.2. The summed E-state index contributed by atoms with van der Waals surface area (Å²) in [6.07, 6.45) is 2.71. The first-order chi connectivity index (χ1) is 10.2. The second kappa shape index (κ2) is 7.32. The molecule has 0 atom stereocenters. The van der Waals surface area contributed by atoms with Crippen LogP contribution in [0, 0.1) is 6.92 Å². The lowest BCUT2D eigenvalue weighted by Crippen LogP contribution is -2.11. The summed E-state index contributed by atoms with van der Waals surface area (Å²) >= 11 is 0. The van der Waals surface area contributed by atoms with Crippen molar-refractivity contribution in [3.63, 3.8) is 0 Å². The molecular formula is C13H19N7O. The van der Waals surface area contributed by atoms with Crippen molar-refractivity contribution in [1.29, 1.82) is 0 Å². The van der Waals surface area contributed by atoms with Gasteiger partial charge in [0.2, 0.25) is 11.9 Å². The molecule has 2 aromatic heterocycles. The second-order valence-corrected chi connectivity index (χ2v) is 4.34. The van der Waals surface area contributed by atoms with Crippen molar-refractivity contribution in [2.45, 2.75) is 26.8 Å². The maximum absolute atomic E-state index is 5.08. The number of rotatable bonds is 7. The number of nitrogens with zero attached hydrogens (tertiary/aromatic N) is 5. The Hall–Kier alpha value is -2.51. The number of nitrogens with one attached hydrogen (secondary N) is 2. The molecule has 0 aliphatic rings. The number of aromatic nitrogens is 5. The summed E-state index contributed by atoms with van der Waals surface area (Å²) in [5, 5.41) is 6.22. The molecule has 0 unspecified atom stereocenters. The average molecular weight is 289 g/mol. The highest BCUT2D eigenvalue weighted by molar-refractivity contribution is 5.36. The van der Waals surface area contributed by atoms with E-state index in [-0.39, 0.29) is 6.01 Å². The fraction of sp³-hybridized carbons (Fsp3) is 0.462. The molecule has 0 saturated heterocycles. The third-order valence-electron chi connectivity index (χ3n) is 2.59. The summed E-state index contributed by atoms with van der Waals surface area (Å²) in [5.41, 5.74) is 0.866. The van der Waals surface area contributed by atoms with E-state index in [2.05, 4.69) is 42.5 Å². The van der Waals surface area contributed by atoms with Gasteiger partial charge in [0.05, 0.1) is 19.3 Å². The Morgan fingerprint density at radius 3 is 2.52 bits per heavy atom. The van der Waals surface area contributed by atoms with Crippen LogP contribution in [-0.4, -0.2) is 38.6 Å². The minimum absolute atomic E-state index is 0.268. The van der Waals surface area contributed by atoms with E-state index in [1.54, 1.807) is 6.20 Å². The lowest BCUT2D eigenvalue weighted by atomic mass is 10.4. The fourth-order valence-corrected chi connectivity index (χ4v) is 1.62. The van der Waals surface area contributed by atoms with E-state index in [1.165, 1.54) is 7.11 Å². The average Bonchev–Trinajstić information content (AvgIpc) is 2.51. The van der Waals surface area contributed by atoms with Crippen LogP contribution < -0.4 is 15.4 Å². The molecule has 0 amide bonds. The predicted octanol–water partition coefficient (Wildman–Crippen LogP) is 1.41. The van der Waals surface area contributed by atoms with Gasteiger partial charge in [0.1, 0.15) is 5.82 Å². The summed E-state index contributed by atoms with van der Waals surface area (Å²) in [7, 11) is 1.52. The Labute approximate surface area is 123 Å². The number of hydrogen-bond donors (Lipinski definition) is 2.